The van der Waals surface area contributed by atoms with Crippen molar-refractivity contribution in [3.05, 3.63) is 29.8 Å². The maximum absolute atomic E-state index is 12.2. The number of benzene rings is 1. The number of hydrogen-bond donors (Lipinski definition) is 2. The van der Waals surface area contributed by atoms with E-state index in [9.17, 15) is 26.7 Å². The third-order valence-electron chi connectivity index (χ3n) is 3.17. The molecular weight excluding hydrogens is 311 g/mol. The standard InChI is InChI=1S/C12H14F3NO4S/c1-21(18,19)10(11(17)6-16-7-11)8-3-2-4-9(5-8)20-12(13,14)15/h2-5,10,16-17H,6-7H2,1H3. The average Bonchev–Trinajstić information content (AvgIpc) is 2.23. The molecule has 118 valence electrons. The number of ether oxygens (including phenoxy) is 1. The van der Waals surface area contributed by atoms with E-state index in [1.165, 1.54) is 12.1 Å². The van der Waals surface area contributed by atoms with Gasteiger partial charge in [-0.3, -0.25) is 0 Å². The van der Waals surface area contributed by atoms with Gasteiger partial charge in [0.25, 0.3) is 0 Å². The van der Waals surface area contributed by atoms with Crippen molar-refractivity contribution >= 4 is 9.84 Å². The summed E-state index contributed by atoms with van der Waals surface area (Å²) in [7, 11) is -3.72. The number of hydrogen-bond acceptors (Lipinski definition) is 5. The Bertz CT molecular complexity index is 626. The van der Waals surface area contributed by atoms with E-state index in [1.54, 1.807) is 0 Å². The normalized spacial score (nSPS) is 19.7. The molecule has 0 bridgehead atoms. The fraction of sp³-hybridized carbons (Fsp3) is 0.500. The molecule has 1 heterocycles. The molecule has 0 spiro atoms. The molecule has 0 amide bonds. The lowest BCUT2D eigenvalue weighted by Gasteiger charge is -2.43. The zero-order chi connectivity index (χ0) is 15.9. The molecule has 0 saturated carbocycles. The van der Waals surface area contributed by atoms with E-state index in [1.807, 2.05) is 0 Å². The molecule has 9 heteroatoms. The topological polar surface area (TPSA) is 75.6 Å². The van der Waals surface area contributed by atoms with Gasteiger partial charge in [-0.15, -0.1) is 13.2 Å². The summed E-state index contributed by atoms with van der Waals surface area (Å²) in [6, 6.07) is 4.66. The second-order valence-corrected chi connectivity index (χ2v) is 7.17. The van der Waals surface area contributed by atoms with E-state index < -0.39 is 32.8 Å². The van der Waals surface area contributed by atoms with E-state index in [0.717, 1.165) is 18.4 Å². The summed E-state index contributed by atoms with van der Waals surface area (Å²) in [6.07, 6.45) is -3.93. The highest BCUT2D eigenvalue weighted by Gasteiger charge is 2.48. The summed E-state index contributed by atoms with van der Waals surface area (Å²) in [5, 5.41) is 11.7. The molecule has 0 radical (unpaired) electrons. The summed E-state index contributed by atoms with van der Waals surface area (Å²) >= 11 is 0. The van der Waals surface area contributed by atoms with Gasteiger partial charge in [0.2, 0.25) is 0 Å². The van der Waals surface area contributed by atoms with Crippen LogP contribution in [0.15, 0.2) is 24.3 Å². The monoisotopic (exact) mass is 325 g/mol. The molecular formula is C12H14F3NO4S. The van der Waals surface area contributed by atoms with E-state index in [4.69, 9.17) is 0 Å². The van der Waals surface area contributed by atoms with Crippen molar-refractivity contribution in [1.82, 2.24) is 5.32 Å². The first-order chi connectivity index (χ1) is 9.51. The Labute approximate surface area is 119 Å². The molecule has 2 N–H and O–H groups in total. The van der Waals surface area contributed by atoms with E-state index in [-0.39, 0.29) is 18.7 Å². The van der Waals surface area contributed by atoms with Crippen molar-refractivity contribution in [1.29, 1.82) is 0 Å². The molecule has 21 heavy (non-hydrogen) atoms. The predicted octanol–water partition coefficient (Wildman–Crippen LogP) is 1.01. The molecule has 0 aliphatic carbocycles. The summed E-state index contributed by atoms with van der Waals surface area (Å²) < 4.78 is 64.3. The summed E-state index contributed by atoms with van der Waals surface area (Å²) in [4.78, 5) is 0. The number of halogens is 3. The third kappa shape index (κ3) is 3.66. The fourth-order valence-electron chi connectivity index (χ4n) is 2.40. The van der Waals surface area contributed by atoms with Crippen molar-refractivity contribution in [2.75, 3.05) is 19.3 Å². The smallest absolute Gasteiger partial charge is 0.406 e. The lowest BCUT2D eigenvalue weighted by atomic mass is 9.88. The van der Waals surface area contributed by atoms with Crippen LogP contribution in [0.1, 0.15) is 10.8 Å². The van der Waals surface area contributed by atoms with Crippen LogP contribution in [-0.2, 0) is 9.84 Å². The molecule has 1 aromatic rings. The highest BCUT2D eigenvalue weighted by Crippen LogP contribution is 2.37. The molecule has 5 nitrogen and oxygen atoms in total. The largest absolute Gasteiger partial charge is 0.573 e. The van der Waals surface area contributed by atoms with E-state index in [2.05, 4.69) is 10.1 Å². The molecule has 1 aliphatic rings. The van der Waals surface area contributed by atoms with Gasteiger partial charge in [-0.1, -0.05) is 12.1 Å². The lowest BCUT2D eigenvalue weighted by molar-refractivity contribution is -0.274. The zero-order valence-corrected chi connectivity index (χ0v) is 11.8. The Balaban J connectivity index is 2.40. The van der Waals surface area contributed by atoms with Crippen LogP contribution < -0.4 is 10.1 Å². The molecule has 1 unspecified atom stereocenters. The third-order valence-corrected chi connectivity index (χ3v) is 4.74. The van der Waals surface area contributed by atoms with Crippen molar-refractivity contribution in [3.8, 4) is 5.75 Å². The second kappa shape index (κ2) is 5.15. The number of β-amino-alcohol motifs (C(OH)–C–C–N with tert-alkyl or cyclic N) is 1. The van der Waals surface area contributed by atoms with Crippen LogP contribution in [0.25, 0.3) is 0 Å². The van der Waals surface area contributed by atoms with Gasteiger partial charge in [0.05, 0.1) is 0 Å². The van der Waals surface area contributed by atoms with Crippen LogP contribution in [-0.4, -0.2) is 44.8 Å². The van der Waals surface area contributed by atoms with Crippen LogP contribution in [0.3, 0.4) is 0 Å². The molecule has 0 aromatic heterocycles. The summed E-state index contributed by atoms with van der Waals surface area (Å²) in [6.45, 7) is 0.101. The summed E-state index contributed by atoms with van der Waals surface area (Å²) in [5.41, 5.74) is -1.48. The zero-order valence-electron chi connectivity index (χ0n) is 11.0. The first-order valence-electron chi connectivity index (χ1n) is 5.99. The predicted molar refractivity (Wildman–Crippen MR) is 68.5 cm³/mol. The molecule has 1 atom stereocenters. The number of rotatable bonds is 4. The van der Waals surface area contributed by atoms with Crippen LogP contribution in [0.2, 0.25) is 0 Å². The molecule has 1 fully saturated rings. The van der Waals surface area contributed by atoms with Crippen molar-refractivity contribution in [2.24, 2.45) is 0 Å². The Morgan fingerprint density at radius 2 is 2.00 bits per heavy atom. The Morgan fingerprint density at radius 1 is 1.38 bits per heavy atom. The fourth-order valence-corrected chi connectivity index (χ4v) is 4.00. The maximum atomic E-state index is 12.2. The molecule has 1 aliphatic heterocycles. The minimum Gasteiger partial charge on any atom is -0.406 e. The maximum Gasteiger partial charge on any atom is 0.573 e. The molecule has 1 aromatic carbocycles. The molecule has 2 rings (SSSR count). The van der Waals surface area contributed by atoms with Gasteiger partial charge in [-0.2, -0.15) is 0 Å². The van der Waals surface area contributed by atoms with Crippen LogP contribution in [0.5, 0.6) is 5.75 Å². The number of nitrogens with one attached hydrogen (secondary N) is 1. The van der Waals surface area contributed by atoms with Gasteiger partial charge in [0.1, 0.15) is 16.6 Å². The SMILES string of the molecule is CS(=O)(=O)C(c1cccc(OC(F)(F)F)c1)C1(O)CNC1. The van der Waals surface area contributed by atoms with Gasteiger partial charge < -0.3 is 15.2 Å². The van der Waals surface area contributed by atoms with Crippen molar-refractivity contribution in [3.63, 3.8) is 0 Å². The summed E-state index contributed by atoms with van der Waals surface area (Å²) in [5.74, 6) is -0.524. The second-order valence-electron chi connectivity index (χ2n) is 5.04. The van der Waals surface area contributed by atoms with Gasteiger partial charge in [0, 0.05) is 19.3 Å². The van der Waals surface area contributed by atoms with Crippen LogP contribution in [0, 0.1) is 0 Å². The Morgan fingerprint density at radius 3 is 2.43 bits per heavy atom. The van der Waals surface area contributed by atoms with Gasteiger partial charge in [0.15, 0.2) is 9.84 Å². The highest BCUT2D eigenvalue weighted by atomic mass is 32.2. The Hall–Kier alpha value is -1.32. The quantitative estimate of drug-likeness (QED) is 0.864. The first-order valence-corrected chi connectivity index (χ1v) is 7.94. The number of sulfone groups is 1. The van der Waals surface area contributed by atoms with E-state index >= 15 is 0 Å². The van der Waals surface area contributed by atoms with Gasteiger partial charge in [-0.25, -0.2) is 8.42 Å². The van der Waals surface area contributed by atoms with Crippen molar-refractivity contribution < 1.29 is 31.4 Å². The van der Waals surface area contributed by atoms with Gasteiger partial charge in [-0.05, 0) is 17.7 Å². The number of aliphatic hydroxyl groups is 1. The van der Waals surface area contributed by atoms with E-state index in [0.29, 0.717) is 0 Å². The minimum absolute atomic E-state index is 0.0507. The van der Waals surface area contributed by atoms with Crippen molar-refractivity contribution in [2.45, 2.75) is 17.2 Å². The Kier molecular flexibility index (Phi) is 3.94. The first kappa shape index (κ1) is 16.1. The molecule has 1 saturated heterocycles. The van der Waals surface area contributed by atoms with Crippen LogP contribution in [0.4, 0.5) is 13.2 Å². The van der Waals surface area contributed by atoms with Gasteiger partial charge >= 0.3 is 6.36 Å². The highest BCUT2D eigenvalue weighted by molar-refractivity contribution is 7.91. The lowest BCUT2D eigenvalue weighted by Crippen LogP contribution is -2.63. The number of alkyl halides is 3. The minimum atomic E-state index is -4.87. The average molecular weight is 325 g/mol. The van der Waals surface area contributed by atoms with Crippen LogP contribution >= 0.6 is 0 Å².